The summed E-state index contributed by atoms with van der Waals surface area (Å²) in [5.74, 6) is 0.332. The zero-order chi connectivity index (χ0) is 14.6. The van der Waals surface area contributed by atoms with Gasteiger partial charge < -0.3 is 14.6 Å². The molecular formula is C15H22N2O3. The molecule has 2 heterocycles. The van der Waals surface area contributed by atoms with Gasteiger partial charge in [0.2, 0.25) is 11.8 Å². The Balaban J connectivity index is 1.93. The molecule has 1 fully saturated rings. The number of likely N-dealkylation sites (tertiary alicyclic amines) is 1. The molecule has 0 saturated carbocycles. The lowest BCUT2D eigenvalue weighted by Gasteiger charge is -2.33. The van der Waals surface area contributed by atoms with E-state index in [2.05, 4.69) is 5.32 Å². The summed E-state index contributed by atoms with van der Waals surface area (Å²) in [4.78, 5) is 26.5. The van der Waals surface area contributed by atoms with Crippen LogP contribution in [0.15, 0.2) is 22.8 Å². The molecule has 110 valence electrons. The van der Waals surface area contributed by atoms with Gasteiger partial charge in [-0.3, -0.25) is 9.59 Å². The number of nitrogens with zero attached hydrogens (tertiary/aromatic N) is 1. The molecule has 2 rings (SSSR count). The van der Waals surface area contributed by atoms with E-state index in [9.17, 15) is 9.59 Å². The van der Waals surface area contributed by atoms with Gasteiger partial charge in [-0.05, 0) is 45.2 Å². The number of hydrogen-bond acceptors (Lipinski definition) is 3. The van der Waals surface area contributed by atoms with Crippen LogP contribution in [-0.2, 0) is 16.1 Å². The van der Waals surface area contributed by atoms with E-state index in [1.807, 2.05) is 0 Å². The highest BCUT2D eigenvalue weighted by Gasteiger charge is 2.39. The predicted octanol–water partition coefficient (Wildman–Crippen LogP) is 1.93. The molecule has 20 heavy (non-hydrogen) atoms. The molecule has 1 aliphatic rings. The Hall–Kier alpha value is -1.78. The van der Waals surface area contributed by atoms with Crippen molar-refractivity contribution in [3.05, 3.63) is 24.2 Å². The van der Waals surface area contributed by atoms with Gasteiger partial charge in [-0.2, -0.15) is 0 Å². The highest BCUT2D eigenvalue weighted by molar-refractivity contribution is 6.04. The maximum Gasteiger partial charge on any atom is 0.237 e. The molecule has 5 heteroatoms. The summed E-state index contributed by atoms with van der Waals surface area (Å²) in [5.41, 5.74) is -1.04. The SMILES string of the molecule is CC(C)(C(=O)NCc1ccco1)C(=O)N1CCCCC1. The minimum Gasteiger partial charge on any atom is -0.467 e. The second-order valence-corrected chi connectivity index (χ2v) is 5.74. The molecule has 0 bridgehead atoms. The van der Waals surface area contributed by atoms with Crippen LogP contribution in [0.2, 0.25) is 0 Å². The topological polar surface area (TPSA) is 62.6 Å². The second kappa shape index (κ2) is 6.11. The average Bonchev–Trinajstić information content (AvgIpc) is 2.98. The summed E-state index contributed by atoms with van der Waals surface area (Å²) in [6, 6.07) is 3.56. The molecule has 1 saturated heterocycles. The monoisotopic (exact) mass is 278 g/mol. The smallest absolute Gasteiger partial charge is 0.237 e. The maximum absolute atomic E-state index is 12.5. The zero-order valence-corrected chi connectivity index (χ0v) is 12.1. The quantitative estimate of drug-likeness (QED) is 0.856. The van der Waals surface area contributed by atoms with Crippen LogP contribution in [0.4, 0.5) is 0 Å². The maximum atomic E-state index is 12.5. The molecule has 0 unspecified atom stereocenters. The number of hydrogen-bond donors (Lipinski definition) is 1. The number of amides is 2. The van der Waals surface area contributed by atoms with E-state index in [4.69, 9.17) is 4.42 Å². The van der Waals surface area contributed by atoms with Crippen molar-refractivity contribution in [1.29, 1.82) is 0 Å². The molecule has 0 radical (unpaired) electrons. The summed E-state index contributed by atoms with van der Waals surface area (Å²) >= 11 is 0. The zero-order valence-electron chi connectivity index (χ0n) is 12.1. The van der Waals surface area contributed by atoms with Crippen LogP contribution in [-0.4, -0.2) is 29.8 Å². The third kappa shape index (κ3) is 3.21. The van der Waals surface area contributed by atoms with E-state index in [1.165, 1.54) is 0 Å². The van der Waals surface area contributed by atoms with E-state index in [0.29, 0.717) is 12.3 Å². The van der Waals surface area contributed by atoms with E-state index in [1.54, 1.807) is 37.1 Å². The summed E-state index contributed by atoms with van der Waals surface area (Å²) in [5, 5.41) is 2.77. The van der Waals surface area contributed by atoms with Gasteiger partial charge in [0.05, 0.1) is 12.8 Å². The fraction of sp³-hybridized carbons (Fsp3) is 0.600. The lowest BCUT2D eigenvalue weighted by molar-refractivity contribution is -0.149. The summed E-state index contributed by atoms with van der Waals surface area (Å²) in [7, 11) is 0. The van der Waals surface area contributed by atoms with Crippen molar-refractivity contribution >= 4 is 11.8 Å². The molecule has 0 atom stereocenters. The Morgan fingerprint density at radius 1 is 1.30 bits per heavy atom. The summed E-state index contributed by atoms with van der Waals surface area (Å²) in [6.45, 7) is 5.19. The van der Waals surface area contributed by atoms with Crippen molar-refractivity contribution in [2.24, 2.45) is 5.41 Å². The lowest BCUT2D eigenvalue weighted by atomic mass is 9.89. The van der Waals surface area contributed by atoms with Crippen molar-refractivity contribution in [3.8, 4) is 0 Å². The van der Waals surface area contributed by atoms with Crippen molar-refractivity contribution < 1.29 is 14.0 Å². The van der Waals surface area contributed by atoms with Gasteiger partial charge in [-0.25, -0.2) is 0 Å². The van der Waals surface area contributed by atoms with Crippen LogP contribution in [0.5, 0.6) is 0 Å². The van der Waals surface area contributed by atoms with E-state index >= 15 is 0 Å². The van der Waals surface area contributed by atoms with Crippen LogP contribution in [0.1, 0.15) is 38.9 Å². The minimum absolute atomic E-state index is 0.0888. The van der Waals surface area contributed by atoms with Crippen molar-refractivity contribution in [2.75, 3.05) is 13.1 Å². The molecule has 0 spiro atoms. The molecule has 2 amide bonds. The number of carbonyl (C=O) groups excluding carboxylic acids is 2. The van der Waals surface area contributed by atoms with Crippen molar-refractivity contribution in [3.63, 3.8) is 0 Å². The Morgan fingerprint density at radius 2 is 2.00 bits per heavy atom. The normalized spacial score (nSPS) is 16.0. The lowest BCUT2D eigenvalue weighted by Crippen LogP contribution is -2.50. The Labute approximate surface area is 119 Å². The Kier molecular flexibility index (Phi) is 4.47. The van der Waals surface area contributed by atoms with Crippen molar-refractivity contribution in [2.45, 2.75) is 39.7 Å². The van der Waals surface area contributed by atoms with Crippen LogP contribution in [0.25, 0.3) is 0 Å². The largest absolute Gasteiger partial charge is 0.467 e. The molecule has 1 aromatic heterocycles. The van der Waals surface area contributed by atoms with Crippen LogP contribution in [0, 0.1) is 5.41 Å². The van der Waals surface area contributed by atoms with Crippen molar-refractivity contribution in [1.82, 2.24) is 10.2 Å². The van der Waals surface area contributed by atoms with Crippen LogP contribution >= 0.6 is 0 Å². The first-order chi connectivity index (χ1) is 9.51. The third-order valence-corrected chi connectivity index (χ3v) is 3.75. The van der Waals surface area contributed by atoms with Gasteiger partial charge in [0.25, 0.3) is 0 Å². The molecule has 1 N–H and O–H groups in total. The van der Waals surface area contributed by atoms with Gasteiger partial charge in [0.1, 0.15) is 11.2 Å². The van der Waals surface area contributed by atoms with Gasteiger partial charge in [-0.15, -0.1) is 0 Å². The number of furan rings is 1. The average molecular weight is 278 g/mol. The second-order valence-electron chi connectivity index (χ2n) is 5.74. The van der Waals surface area contributed by atoms with E-state index in [0.717, 1.165) is 32.4 Å². The van der Waals surface area contributed by atoms with Crippen LogP contribution in [0.3, 0.4) is 0 Å². The molecule has 0 aliphatic carbocycles. The molecular weight excluding hydrogens is 256 g/mol. The standard InChI is InChI=1S/C15H22N2O3/c1-15(2,14(19)17-8-4-3-5-9-17)13(18)16-11-12-7-6-10-20-12/h6-7,10H,3-5,8-9,11H2,1-2H3,(H,16,18). The number of piperidine rings is 1. The molecule has 5 nitrogen and oxygen atoms in total. The number of rotatable bonds is 4. The molecule has 1 aliphatic heterocycles. The van der Waals surface area contributed by atoms with E-state index < -0.39 is 5.41 Å². The fourth-order valence-electron chi connectivity index (χ4n) is 2.39. The first-order valence-electron chi connectivity index (χ1n) is 7.12. The first kappa shape index (κ1) is 14.6. The van der Waals surface area contributed by atoms with E-state index in [-0.39, 0.29) is 11.8 Å². The Morgan fingerprint density at radius 3 is 2.60 bits per heavy atom. The van der Waals surface area contributed by atoms with Crippen LogP contribution < -0.4 is 5.32 Å². The highest BCUT2D eigenvalue weighted by Crippen LogP contribution is 2.22. The first-order valence-corrected chi connectivity index (χ1v) is 7.12. The Bertz CT molecular complexity index is 459. The summed E-state index contributed by atoms with van der Waals surface area (Å²) < 4.78 is 5.16. The molecule has 1 aromatic rings. The van der Waals surface area contributed by atoms with Gasteiger partial charge in [0.15, 0.2) is 0 Å². The van der Waals surface area contributed by atoms with Gasteiger partial charge in [0, 0.05) is 13.1 Å². The minimum atomic E-state index is -1.04. The van der Waals surface area contributed by atoms with Gasteiger partial charge >= 0.3 is 0 Å². The predicted molar refractivity (Wildman–Crippen MR) is 74.8 cm³/mol. The summed E-state index contributed by atoms with van der Waals surface area (Å²) in [6.07, 6.45) is 4.77. The fourth-order valence-corrected chi connectivity index (χ4v) is 2.39. The molecule has 0 aromatic carbocycles. The third-order valence-electron chi connectivity index (χ3n) is 3.75. The number of nitrogens with one attached hydrogen (secondary N) is 1. The highest BCUT2D eigenvalue weighted by atomic mass is 16.3. The number of carbonyl (C=O) groups is 2. The van der Waals surface area contributed by atoms with Gasteiger partial charge in [-0.1, -0.05) is 0 Å².